The van der Waals surface area contributed by atoms with Crippen molar-refractivity contribution in [2.24, 2.45) is 0 Å². The Morgan fingerprint density at radius 2 is 2.00 bits per heavy atom. The summed E-state index contributed by atoms with van der Waals surface area (Å²) in [4.78, 5) is 10.2. The molecule has 0 N–H and O–H groups in total. The number of fused-ring (bicyclic) bond motifs is 1. The van der Waals surface area contributed by atoms with E-state index >= 15 is 0 Å². The highest BCUT2D eigenvalue weighted by Crippen LogP contribution is 2.31. The first-order chi connectivity index (χ1) is 7.85. The molecule has 0 radical (unpaired) electrons. The van der Waals surface area contributed by atoms with Gasteiger partial charge >= 0.3 is 0 Å². The average molecular weight is 250 g/mol. The summed E-state index contributed by atoms with van der Waals surface area (Å²) in [6, 6.07) is 6.22. The SMILES string of the molecule is CCSc1cc2cccnc2nc1SCC. The Kier molecular flexibility index (Phi) is 4.07. The highest BCUT2D eigenvalue weighted by molar-refractivity contribution is 8.02. The van der Waals surface area contributed by atoms with Crippen molar-refractivity contribution in [2.45, 2.75) is 23.8 Å². The van der Waals surface area contributed by atoms with Gasteiger partial charge in [-0.25, -0.2) is 9.97 Å². The topological polar surface area (TPSA) is 25.8 Å². The van der Waals surface area contributed by atoms with Gasteiger partial charge in [0, 0.05) is 16.5 Å². The van der Waals surface area contributed by atoms with Crippen molar-refractivity contribution in [1.82, 2.24) is 9.97 Å². The third-order valence-electron chi connectivity index (χ3n) is 2.10. The third kappa shape index (κ3) is 2.50. The maximum absolute atomic E-state index is 4.61. The number of nitrogens with zero attached hydrogens (tertiary/aromatic N) is 2. The highest BCUT2D eigenvalue weighted by atomic mass is 32.2. The van der Waals surface area contributed by atoms with E-state index in [1.807, 2.05) is 17.8 Å². The second-order valence-corrected chi connectivity index (χ2v) is 5.77. The van der Waals surface area contributed by atoms with Gasteiger partial charge in [-0.2, -0.15) is 0 Å². The molecular weight excluding hydrogens is 236 g/mol. The summed E-state index contributed by atoms with van der Waals surface area (Å²) in [5.41, 5.74) is 0.846. The van der Waals surface area contributed by atoms with Crippen LogP contribution in [0.25, 0.3) is 11.0 Å². The van der Waals surface area contributed by atoms with Crippen molar-refractivity contribution in [1.29, 1.82) is 0 Å². The molecule has 0 saturated heterocycles. The minimum atomic E-state index is 0.846. The second-order valence-electron chi connectivity index (χ2n) is 3.21. The molecule has 0 unspecified atom stereocenters. The molecule has 0 aliphatic heterocycles. The first-order valence-corrected chi connectivity index (χ1v) is 7.33. The molecule has 2 heterocycles. The molecule has 2 aromatic heterocycles. The summed E-state index contributed by atoms with van der Waals surface area (Å²) >= 11 is 3.63. The monoisotopic (exact) mass is 250 g/mol. The Morgan fingerprint density at radius 1 is 1.19 bits per heavy atom. The van der Waals surface area contributed by atoms with Crippen molar-refractivity contribution < 1.29 is 0 Å². The molecule has 2 rings (SSSR count). The number of hydrogen-bond donors (Lipinski definition) is 0. The molecule has 84 valence electrons. The van der Waals surface area contributed by atoms with E-state index in [4.69, 9.17) is 0 Å². The maximum atomic E-state index is 4.61. The molecule has 0 saturated carbocycles. The fraction of sp³-hybridized carbons (Fsp3) is 0.333. The predicted octanol–water partition coefficient (Wildman–Crippen LogP) is 3.85. The van der Waals surface area contributed by atoms with Crippen LogP contribution < -0.4 is 0 Å². The lowest BCUT2D eigenvalue weighted by atomic mass is 10.3. The van der Waals surface area contributed by atoms with Gasteiger partial charge < -0.3 is 0 Å². The van der Waals surface area contributed by atoms with E-state index in [1.54, 1.807) is 18.0 Å². The normalized spacial score (nSPS) is 10.9. The van der Waals surface area contributed by atoms with Crippen molar-refractivity contribution in [3.8, 4) is 0 Å². The van der Waals surface area contributed by atoms with Crippen molar-refractivity contribution in [3.05, 3.63) is 24.4 Å². The summed E-state index contributed by atoms with van der Waals surface area (Å²) in [6.45, 7) is 4.31. The summed E-state index contributed by atoms with van der Waals surface area (Å²) in [7, 11) is 0. The Morgan fingerprint density at radius 3 is 2.75 bits per heavy atom. The molecule has 16 heavy (non-hydrogen) atoms. The Labute approximate surface area is 104 Å². The van der Waals surface area contributed by atoms with Gasteiger partial charge in [-0.05, 0) is 29.7 Å². The zero-order valence-corrected chi connectivity index (χ0v) is 11.1. The van der Waals surface area contributed by atoms with Gasteiger partial charge in [0.2, 0.25) is 0 Å². The largest absolute Gasteiger partial charge is 0.237 e. The lowest BCUT2D eigenvalue weighted by Gasteiger charge is -2.07. The van der Waals surface area contributed by atoms with Gasteiger partial charge in [-0.15, -0.1) is 23.5 Å². The van der Waals surface area contributed by atoms with Crippen LogP contribution >= 0.6 is 23.5 Å². The summed E-state index contributed by atoms with van der Waals surface area (Å²) in [5, 5.41) is 2.24. The minimum absolute atomic E-state index is 0.846. The Bertz CT molecular complexity index is 441. The van der Waals surface area contributed by atoms with Gasteiger partial charge in [0.25, 0.3) is 0 Å². The van der Waals surface area contributed by atoms with Crippen LogP contribution in [-0.4, -0.2) is 21.5 Å². The van der Waals surface area contributed by atoms with E-state index in [2.05, 4.69) is 35.9 Å². The lowest BCUT2D eigenvalue weighted by molar-refractivity contribution is 1.05. The van der Waals surface area contributed by atoms with Crippen LogP contribution in [0.15, 0.2) is 34.3 Å². The molecule has 4 heteroatoms. The molecule has 2 aromatic rings. The number of hydrogen-bond acceptors (Lipinski definition) is 4. The zero-order valence-electron chi connectivity index (χ0n) is 9.43. The predicted molar refractivity (Wildman–Crippen MR) is 72.3 cm³/mol. The first-order valence-electron chi connectivity index (χ1n) is 5.36. The van der Waals surface area contributed by atoms with Crippen LogP contribution in [0, 0.1) is 0 Å². The molecule has 2 nitrogen and oxygen atoms in total. The van der Waals surface area contributed by atoms with Gasteiger partial charge in [0.15, 0.2) is 5.65 Å². The fourth-order valence-electron chi connectivity index (χ4n) is 1.47. The minimum Gasteiger partial charge on any atom is -0.237 e. The molecule has 0 bridgehead atoms. The van der Waals surface area contributed by atoms with E-state index in [1.165, 1.54) is 4.90 Å². The van der Waals surface area contributed by atoms with Gasteiger partial charge in [0.05, 0.1) is 0 Å². The summed E-state index contributed by atoms with van der Waals surface area (Å²) in [5.74, 6) is 2.12. The van der Waals surface area contributed by atoms with Crippen molar-refractivity contribution in [3.63, 3.8) is 0 Å². The first kappa shape index (κ1) is 11.7. The smallest absolute Gasteiger partial charge is 0.160 e. The van der Waals surface area contributed by atoms with E-state index < -0.39 is 0 Å². The van der Waals surface area contributed by atoms with Gasteiger partial charge in [0.1, 0.15) is 5.03 Å². The van der Waals surface area contributed by atoms with Crippen LogP contribution in [0.1, 0.15) is 13.8 Å². The van der Waals surface area contributed by atoms with E-state index in [-0.39, 0.29) is 0 Å². The fourth-order valence-corrected chi connectivity index (χ4v) is 3.14. The molecule has 0 aliphatic carbocycles. The van der Waals surface area contributed by atoms with Crippen LogP contribution in [-0.2, 0) is 0 Å². The van der Waals surface area contributed by atoms with Crippen molar-refractivity contribution >= 4 is 34.6 Å². The number of aromatic nitrogens is 2. The molecule has 0 aliphatic rings. The average Bonchev–Trinajstić information content (AvgIpc) is 2.30. The van der Waals surface area contributed by atoms with E-state index in [9.17, 15) is 0 Å². The third-order valence-corrected chi connectivity index (χ3v) is 4.02. The van der Waals surface area contributed by atoms with Crippen LogP contribution in [0.3, 0.4) is 0 Å². The Hall–Kier alpha value is -0.740. The lowest BCUT2D eigenvalue weighted by Crippen LogP contribution is -1.90. The summed E-state index contributed by atoms with van der Waals surface area (Å²) < 4.78 is 0. The highest BCUT2D eigenvalue weighted by Gasteiger charge is 2.07. The van der Waals surface area contributed by atoms with Crippen LogP contribution in [0.5, 0.6) is 0 Å². The number of rotatable bonds is 4. The maximum Gasteiger partial charge on any atom is 0.160 e. The van der Waals surface area contributed by atoms with Crippen LogP contribution in [0.2, 0.25) is 0 Å². The quantitative estimate of drug-likeness (QED) is 0.770. The molecule has 0 aromatic carbocycles. The van der Waals surface area contributed by atoms with Gasteiger partial charge in [-0.1, -0.05) is 13.8 Å². The van der Waals surface area contributed by atoms with E-state index in [0.717, 1.165) is 27.6 Å². The summed E-state index contributed by atoms with van der Waals surface area (Å²) in [6.07, 6.45) is 1.79. The molecule has 0 fully saturated rings. The number of thioether (sulfide) groups is 2. The number of pyridine rings is 2. The van der Waals surface area contributed by atoms with E-state index in [0.29, 0.717) is 0 Å². The molecule has 0 spiro atoms. The molecule has 0 amide bonds. The second kappa shape index (κ2) is 5.55. The zero-order chi connectivity index (χ0) is 11.4. The standard InChI is InChI=1S/C12H14N2S2/c1-3-15-10-8-9-6-5-7-13-11(9)14-12(10)16-4-2/h5-8H,3-4H2,1-2H3. The Balaban J connectivity index is 2.51. The molecular formula is C12H14N2S2. The van der Waals surface area contributed by atoms with Crippen LogP contribution in [0.4, 0.5) is 0 Å². The van der Waals surface area contributed by atoms with Crippen molar-refractivity contribution in [2.75, 3.05) is 11.5 Å². The molecule has 0 atom stereocenters. The van der Waals surface area contributed by atoms with Gasteiger partial charge in [-0.3, -0.25) is 0 Å².